The Balaban J connectivity index is 1.62. The molecule has 0 bridgehead atoms. The molecule has 0 spiro atoms. The van der Waals surface area contributed by atoms with E-state index in [0.29, 0.717) is 0 Å². The van der Waals surface area contributed by atoms with Gasteiger partial charge in [0.15, 0.2) is 0 Å². The van der Waals surface area contributed by atoms with Gasteiger partial charge in [0, 0.05) is 24.7 Å². The molecule has 2 aliphatic rings. The van der Waals surface area contributed by atoms with Gasteiger partial charge in [-0.05, 0) is 54.5 Å². The summed E-state index contributed by atoms with van der Waals surface area (Å²) in [6.07, 6.45) is 6.52. The minimum absolute atomic E-state index is 0.138. The summed E-state index contributed by atoms with van der Waals surface area (Å²) in [5.74, 6) is 0. The van der Waals surface area contributed by atoms with Crippen molar-refractivity contribution in [2.45, 2.75) is 50.2 Å². The molecule has 0 atom stereocenters. The van der Waals surface area contributed by atoms with Gasteiger partial charge >= 0.3 is 0 Å². The summed E-state index contributed by atoms with van der Waals surface area (Å²) >= 11 is 1.79. The molecular formula is C13H20N2S. The van der Waals surface area contributed by atoms with E-state index >= 15 is 0 Å². The van der Waals surface area contributed by atoms with E-state index in [9.17, 15) is 0 Å². The third kappa shape index (κ3) is 2.31. The van der Waals surface area contributed by atoms with Crippen molar-refractivity contribution in [2.75, 3.05) is 6.54 Å². The summed E-state index contributed by atoms with van der Waals surface area (Å²) in [5.41, 5.74) is 7.95. The van der Waals surface area contributed by atoms with Gasteiger partial charge in [0.2, 0.25) is 0 Å². The molecule has 16 heavy (non-hydrogen) atoms. The molecule has 3 heteroatoms. The van der Waals surface area contributed by atoms with Gasteiger partial charge in [-0.25, -0.2) is 0 Å². The van der Waals surface area contributed by atoms with E-state index in [1.54, 1.807) is 11.3 Å². The summed E-state index contributed by atoms with van der Waals surface area (Å²) in [7, 11) is 0. The summed E-state index contributed by atoms with van der Waals surface area (Å²) in [5, 5.41) is 4.43. The van der Waals surface area contributed by atoms with E-state index in [2.05, 4.69) is 21.7 Å². The number of nitrogens with two attached hydrogens (primary N) is 1. The molecule has 0 unspecified atom stereocenters. The molecule has 0 saturated heterocycles. The van der Waals surface area contributed by atoms with Gasteiger partial charge in [-0.1, -0.05) is 0 Å². The zero-order chi connectivity index (χ0) is 11.0. The second-order valence-corrected chi connectivity index (χ2v) is 6.26. The highest BCUT2D eigenvalue weighted by atomic mass is 32.1. The lowest BCUT2D eigenvalue weighted by atomic mass is 9.77. The van der Waals surface area contributed by atoms with Gasteiger partial charge in [0.05, 0.1) is 0 Å². The van der Waals surface area contributed by atoms with Crippen LogP contribution in [0.15, 0.2) is 16.8 Å². The minimum atomic E-state index is 0.138. The number of hydrogen-bond acceptors (Lipinski definition) is 3. The molecule has 88 valence electrons. The van der Waals surface area contributed by atoms with Crippen LogP contribution in [0.1, 0.15) is 37.7 Å². The molecule has 0 aromatic carbocycles. The Morgan fingerprint density at radius 2 is 2.25 bits per heavy atom. The normalized spacial score (nSPS) is 23.4. The van der Waals surface area contributed by atoms with Crippen molar-refractivity contribution in [3.05, 3.63) is 22.4 Å². The van der Waals surface area contributed by atoms with E-state index in [0.717, 1.165) is 19.1 Å². The molecule has 2 N–H and O–H groups in total. The molecule has 2 fully saturated rings. The predicted octanol–water partition coefficient (Wildman–Crippen LogP) is 2.59. The molecule has 2 nitrogen and oxygen atoms in total. The third-order valence-corrected chi connectivity index (χ3v) is 4.63. The first-order chi connectivity index (χ1) is 7.75. The summed E-state index contributed by atoms with van der Waals surface area (Å²) in [4.78, 5) is 2.61. The van der Waals surface area contributed by atoms with Crippen LogP contribution in [-0.4, -0.2) is 23.0 Å². The maximum absolute atomic E-state index is 6.36. The average molecular weight is 236 g/mol. The first kappa shape index (κ1) is 10.8. The Kier molecular flexibility index (Phi) is 2.78. The smallest absolute Gasteiger partial charge is 0.0283 e. The largest absolute Gasteiger partial charge is 0.324 e. The van der Waals surface area contributed by atoms with E-state index in [-0.39, 0.29) is 5.54 Å². The molecule has 0 aliphatic heterocycles. The molecule has 0 radical (unpaired) electrons. The Bertz CT molecular complexity index is 339. The van der Waals surface area contributed by atoms with Crippen LogP contribution in [0.4, 0.5) is 0 Å². The van der Waals surface area contributed by atoms with E-state index in [1.807, 2.05) is 0 Å². The lowest BCUT2D eigenvalue weighted by Crippen LogP contribution is -2.55. The van der Waals surface area contributed by atoms with Gasteiger partial charge in [-0.15, -0.1) is 0 Å². The van der Waals surface area contributed by atoms with Crippen molar-refractivity contribution in [1.29, 1.82) is 0 Å². The highest BCUT2D eigenvalue weighted by molar-refractivity contribution is 7.07. The van der Waals surface area contributed by atoms with Crippen molar-refractivity contribution in [3.63, 3.8) is 0 Å². The van der Waals surface area contributed by atoms with Gasteiger partial charge in [-0.2, -0.15) is 11.3 Å². The van der Waals surface area contributed by atoms with Crippen LogP contribution in [0.5, 0.6) is 0 Å². The van der Waals surface area contributed by atoms with Crippen LogP contribution in [-0.2, 0) is 6.54 Å². The molecule has 1 aromatic heterocycles. The predicted molar refractivity (Wildman–Crippen MR) is 68.5 cm³/mol. The quantitative estimate of drug-likeness (QED) is 0.851. The number of rotatable bonds is 5. The number of hydrogen-bond donors (Lipinski definition) is 1. The highest BCUT2D eigenvalue weighted by Crippen LogP contribution is 2.35. The highest BCUT2D eigenvalue weighted by Gasteiger charge is 2.38. The van der Waals surface area contributed by atoms with Gasteiger partial charge in [-0.3, -0.25) is 4.90 Å². The molecule has 2 saturated carbocycles. The second-order valence-electron chi connectivity index (χ2n) is 5.48. The maximum atomic E-state index is 6.36. The van der Waals surface area contributed by atoms with E-state index in [1.165, 1.54) is 37.7 Å². The fraction of sp³-hybridized carbons (Fsp3) is 0.692. The Labute approximate surface area is 101 Å². The first-order valence-corrected chi connectivity index (χ1v) is 7.23. The molecular weight excluding hydrogens is 216 g/mol. The van der Waals surface area contributed by atoms with Gasteiger partial charge in [0.1, 0.15) is 0 Å². The second kappa shape index (κ2) is 4.13. The minimum Gasteiger partial charge on any atom is -0.324 e. The summed E-state index contributed by atoms with van der Waals surface area (Å²) < 4.78 is 0. The molecule has 1 aromatic rings. The molecule has 0 amide bonds. The lowest BCUT2D eigenvalue weighted by Gasteiger charge is -2.42. The molecule has 3 rings (SSSR count). The monoisotopic (exact) mass is 236 g/mol. The first-order valence-electron chi connectivity index (χ1n) is 6.29. The number of thiophene rings is 1. The Hall–Kier alpha value is -0.380. The maximum Gasteiger partial charge on any atom is 0.0283 e. The van der Waals surface area contributed by atoms with Crippen molar-refractivity contribution >= 4 is 11.3 Å². The lowest BCUT2D eigenvalue weighted by molar-refractivity contribution is 0.133. The van der Waals surface area contributed by atoms with E-state index < -0.39 is 0 Å². The molecule has 2 aliphatic carbocycles. The average Bonchev–Trinajstić information content (AvgIpc) is 2.95. The van der Waals surface area contributed by atoms with Crippen LogP contribution in [0.2, 0.25) is 0 Å². The van der Waals surface area contributed by atoms with Crippen LogP contribution in [0.25, 0.3) is 0 Å². The van der Waals surface area contributed by atoms with Crippen LogP contribution in [0.3, 0.4) is 0 Å². The van der Waals surface area contributed by atoms with Crippen molar-refractivity contribution in [1.82, 2.24) is 4.90 Å². The summed E-state index contributed by atoms with van der Waals surface area (Å²) in [6, 6.07) is 3.06. The standard InChI is InChI=1S/C13H20N2S/c14-13(5-1-6-13)10-15(12-2-3-12)8-11-4-7-16-9-11/h4,7,9,12H,1-3,5-6,8,10,14H2. The van der Waals surface area contributed by atoms with Crippen LogP contribution < -0.4 is 5.73 Å². The SMILES string of the molecule is NC1(CN(Cc2ccsc2)C2CC2)CCC1. The number of nitrogens with zero attached hydrogens (tertiary/aromatic N) is 1. The fourth-order valence-electron chi connectivity index (χ4n) is 2.56. The van der Waals surface area contributed by atoms with Crippen LogP contribution in [0, 0.1) is 0 Å². The van der Waals surface area contributed by atoms with E-state index in [4.69, 9.17) is 5.73 Å². The zero-order valence-corrected chi connectivity index (χ0v) is 10.5. The van der Waals surface area contributed by atoms with Gasteiger partial charge < -0.3 is 5.73 Å². The Morgan fingerprint density at radius 1 is 1.44 bits per heavy atom. The zero-order valence-electron chi connectivity index (χ0n) is 9.69. The summed E-state index contributed by atoms with van der Waals surface area (Å²) in [6.45, 7) is 2.21. The van der Waals surface area contributed by atoms with Crippen molar-refractivity contribution in [2.24, 2.45) is 5.73 Å². The fourth-order valence-corrected chi connectivity index (χ4v) is 3.22. The van der Waals surface area contributed by atoms with Crippen LogP contribution >= 0.6 is 11.3 Å². The third-order valence-electron chi connectivity index (χ3n) is 3.90. The van der Waals surface area contributed by atoms with Gasteiger partial charge in [0.25, 0.3) is 0 Å². The van der Waals surface area contributed by atoms with Crippen molar-refractivity contribution in [3.8, 4) is 0 Å². The Morgan fingerprint density at radius 3 is 2.75 bits per heavy atom. The topological polar surface area (TPSA) is 29.3 Å². The molecule has 1 heterocycles. The van der Waals surface area contributed by atoms with Crippen molar-refractivity contribution < 1.29 is 0 Å².